The molecule has 1 heterocycles. The maximum Gasteiger partial charge on any atom is 0.406 e. The fourth-order valence-electron chi connectivity index (χ4n) is 3.77. The van der Waals surface area contributed by atoms with E-state index in [0.717, 1.165) is 17.7 Å². The quantitative estimate of drug-likeness (QED) is 0.837. The van der Waals surface area contributed by atoms with Gasteiger partial charge < -0.3 is 14.7 Å². The van der Waals surface area contributed by atoms with E-state index in [1.165, 1.54) is 7.11 Å². The van der Waals surface area contributed by atoms with Gasteiger partial charge in [-0.2, -0.15) is 13.2 Å². The molecule has 23 heavy (non-hydrogen) atoms. The lowest BCUT2D eigenvalue weighted by molar-refractivity contribution is -0.227. The molecule has 1 N–H and O–H groups in total. The number of aliphatic carboxylic acids is 1. The summed E-state index contributed by atoms with van der Waals surface area (Å²) in [6.45, 7) is -0.596. The lowest BCUT2D eigenvalue weighted by Crippen LogP contribution is -2.49. The lowest BCUT2D eigenvalue weighted by atomic mass is 9.81. The van der Waals surface area contributed by atoms with Crippen molar-refractivity contribution in [2.75, 3.05) is 26.8 Å². The largest absolute Gasteiger partial charge is 0.481 e. The van der Waals surface area contributed by atoms with Gasteiger partial charge in [-0.1, -0.05) is 12.8 Å². The summed E-state index contributed by atoms with van der Waals surface area (Å²) in [5.74, 6) is -2.25. The minimum atomic E-state index is -4.87. The van der Waals surface area contributed by atoms with Gasteiger partial charge in [-0.05, 0) is 25.7 Å². The van der Waals surface area contributed by atoms with Crippen molar-refractivity contribution in [3.8, 4) is 0 Å². The van der Waals surface area contributed by atoms with Crippen molar-refractivity contribution >= 4 is 11.9 Å². The summed E-state index contributed by atoms with van der Waals surface area (Å²) in [4.78, 5) is 25.2. The summed E-state index contributed by atoms with van der Waals surface area (Å²) < 4.78 is 44.7. The maximum atomic E-state index is 13.2. The van der Waals surface area contributed by atoms with Crippen LogP contribution in [0.4, 0.5) is 13.2 Å². The third kappa shape index (κ3) is 3.05. The third-order valence-corrected chi connectivity index (χ3v) is 5.31. The summed E-state index contributed by atoms with van der Waals surface area (Å²) in [6, 6.07) is 0. The summed E-state index contributed by atoms with van der Waals surface area (Å²) >= 11 is 0. The molecule has 1 aliphatic heterocycles. The molecule has 0 aromatic rings. The van der Waals surface area contributed by atoms with Crippen LogP contribution in [0.25, 0.3) is 0 Å². The van der Waals surface area contributed by atoms with Gasteiger partial charge in [0.15, 0.2) is 5.41 Å². The molecule has 0 aromatic carbocycles. The number of likely N-dealkylation sites (tertiary alicyclic amines) is 1. The van der Waals surface area contributed by atoms with Crippen LogP contribution in [0.3, 0.4) is 0 Å². The molecule has 1 amide bonds. The van der Waals surface area contributed by atoms with Crippen molar-refractivity contribution in [3.05, 3.63) is 0 Å². The number of carboxylic acid groups (broad SMARTS) is 1. The molecule has 1 unspecified atom stereocenters. The number of hydrogen-bond donors (Lipinski definition) is 1. The molecule has 8 heteroatoms. The van der Waals surface area contributed by atoms with Crippen LogP contribution in [-0.4, -0.2) is 54.9 Å². The van der Waals surface area contributed by atoms with Crippen LogP contribution >= 0.6 is 0 Å². The van der Waals surface area contributed by atoms with Gasteiger partial charge in [0.05, 0.1) is 5.41 Å². The number of hydrogen-bond acceptors (Lipinski definition) is 3. The molecule has 0 spiro atoms. The number of ether oxygens (including phenoxy) is 1. The van der Waals surface area contributed by atoms with Crippen LogP contribution in [0.5, 0.6) is 0 Å². The fraction of sp³-hybridized carbons (Fsp3) is 0.867. The highest BCUT2D eigenvalue weighted by molar-refractivity contribution is 5.85. The number of amides is 1. The van der Waals surface area contributed by atoms with E-state index in [0.29, 0.717) is 25.9 Å². The van der Waals surface area contributed by atoms with Gasteiger partial charge in [-0.3, -0.25) is 9.59 Å². The van der Waals surface area contributed by atoms with Gasteiger partial charge in [-0.15, -0.1) is 0 Å². The smallest absolute Gasteiger partial charge is 0.406 e. The molecule has 1 saturated carbocycles. The molecule has 0 bridgehead atoms. The lowest BCUT2D eigenvalue weighted by Gasteiger charge is -2.33. The summed E-state index contributed by atoms with van der Waals surface area (Å²) in [6.07, 6.45) is -2.04. The fourth-order valence-corrected chi connectivity index (χ4v) is 3.77. The van der Waals surface area contributed by atoms with Gasteiger partial charge >= 0.3 is 12.1 Å². The van der Waals surface area contributed by atoms with Crippen molar-refractivity contribution in [1.29, 1.82) is 0 Å². The van der Waals surface area contributed by atoms with Crippen molar-refractivity contribution in [1.82, 2.24) is 4.90 Å². The number of carbonyl (C=O) groups is 2. The van der Waals surface area contributed by atoms with E-state index in [-0.39, 0.29) is 12.5 Å². The number of methoxy groups -OCH3 is 1. The van der Waals surface area contributed by atoms with Crippen LogP contribution in [-0.2, 0) is 14.3 Å². The average Bonchev–Trinajstić information content (AvgIpc) is 3.12. The molecule has 132 valence electrons. The molecular formula is C15H22F3NO4. The predicted molar refractivity (Wildman–Crippen MR) is 74.7 cm³/mol. The van der Waals surface area contributed by atoms with Crippen molar-refractivity contribution in [3.63, 3.8) is 0 Å². The Hall–Kier alpha value is -1.31. The zero-order chi connectivity index (χ0) is 17.3. The van der Waals surface area contributed by atoms with Crippen LogP contribution in [0, 0.1) is 10.8 Å². The Kier molecular flexibility index (Phi) is 4.94. The molecule has 1 aliphatic carbocycles. The Balaban J connectivity index is 2.19. The standard InChI is InChI=1S/C15H22F3NO4/c1-23-9-7-13(4-2-3-5-13)11(20)19-8-6-14(10-19,12(21)22)15(16,17)18/h2-10H2,1H3,(H,21,22). The molecule has 0 aromatic heterocycles. The van der Waals surface area contributed by atoms with E-state index in [4.69, 9.17) is 9.84 Å². The zero-order valence-corrected chi connectivity index (χ0v) is 13.1. The summed E-state index contributed by atoms with van der Waals surface area (Å²) in [5.41, 5.74) is -3.54. The van der Waals surface area contributed by atoms with Crippen LogP contribution in [0.15, 0.2) is 0 Å². The van der Waals surface area contributed by atoms with Crippen molar-refractivity contribution in [2.45, 2.75) is 44.7 Å². The van der Waals surface area contributed by atoms with Crippen LogP contribution < -0.4 is 0 Å². The zero-order valence-electron chi connectivity index (χ0n) is 13.1. The molecular weight excluding hydrogens is 315 g/mol. The van der Waals surface area contributed by atoms with Crippen molar-refractivity contribution < 1.29 is 32.6 Å². The Morgan fingerprint density at radius 2 is 1.83 bits per heavy atom. The Morgan fingerprint density at radius 1 is 1.22 bits per heavy atom. The number of nitrogens with zero attached hydrogens (tertiary/aromatic N) is 1. The van der Waals surface area contributed by atoms with Gasteiger partial charge in [0, 0.05) is 26.8 Å². The molecule has 1 saturated heterocycles. The first-order valence-corrected chi connectivity index (χ1v) is 7.77. The first-order chi connectivity index (χ1) is 10.7. The van der Waals surface area contributed by atoms with Gasteiger partial charge in [0.25, 0.3) is 0 Å². The second-order valence-corrected chi connectivity index (χ2v) is 6.59. The second kappa shape index (κ2) is 6.30. The van der Waals surface area contributed by atoms with E-state index in [1.807, 2.05) is 0 Å². The van der Waals surface area contributed by atoms with Gasteiger partial charge in [0.1, 0.15) is 0 Å². The number of carbonyl (C=O) groups excluding carboxylic acids is 1. The molecule has 2 rings (SSSR count). The van der Waals surface area contributed by atoms with E-state index < -0.39 is 35.9 Å². The topological polar surface area (TPSA) is 66.8 Å². The summed E-state index contributed by atoms with van der Waals surface area (Å²) in [5, 5.41) is 9.09. The van der Waals surface area contributed by atoms with E-state index in [1.54, 1.807) is 0 Å². The number of alkyl halides is 3. The SMILES string of the molecule is COCCC1(C(=O)N2CCC(C(=O)O)(C(F)(F)F)C2)CCCC1. The average molecular weight is 337 g/mol. The van der Waals surface area contributed by atoms with Gasteiger partial charge in [0.2, 0.25) is 5.91 Å². The Labute approximate surface area is 132 Å². The third-order valence-electron chi connectivity index (χ3n) is 5.31. The first kappa shape index (κ1) is 18.0. The van der Waals surface area contributed by atoms with Gasteiger partial charge in [-0.25, -0.2) is 0 Å². The predicted octanol–water partition coefficient (Wildman–Crippen LogP) is 2.45. The first-order valence-electron chi connectivity index (χ1n) is 7.77. The highest BCUT2D eigenvalue weighted by Crippen LogP contribution is 2.49. The second-order valence-electron chi connectivity index (χ2n) is 6.59. The molecule has 2 fully saturated rings. The van der Waals surface area contributed by atoms with Crippen LogP contribution in [0.1, 0.15) is 38.5 Å². The van der Waals surface area contributed by atoms with Crippen molar-refractivity contribution in [2.24, 2.45) is 10.8 Å². The molecule has 1 atom stereocenters. The minimum Gasteiger partial charge on any atom is -0.481 e. The highest BCUT2D eigenvalue weighted by atomic mass is 19.4. The summed E-state index contributed by atoms with van der Waals surface area (Å²) in [7, 11) is 1.52. The Morgan fingerprint density at radius 3 is 2.26 bits per heavy atom. The van der Waals surface area contributed by atoms with Crippen LogP contribution in [0.2, 0.25) is 0 Å². The van der Waals surface area contributed by atoms with E-state index >= 15 is 0 Å². The maximum absolute atomic E-state index is 13.2. The number of rotatable bonds is 5. The van der Waals surface area contributed by atoms with E-state index in [2.05, 4.69) is 0 Å². The molecule has 5 nitrogen and oxygen atoms in total. The minimum absolute atomic E-state index is 0.167. The number of halogens is 3. The number of carboxylic acids is 1. The molecule has 2 aliphatic rings. The monoisotopic (exact) mass is 337 g/mol. The Bertz CT molecular complexity index is 474. The molecule has 0 radical (unpaired) electrons. The van der Waals surface area contributed by atoms with E-state index in [9.17, 15) is 22.8 Å². The highest BCUT2D eigenvalue weighted by Gasteiger charge is 2.65. The normalized spacial score (nSPS) is 27.4.